The van der Waals surface area contributed by atoms with Crippen LogP contribution in [0.25, 0.3) is 0 Å². The molecule has 1 unspecified atom stereocenters. The summed E-state index contributed by atoms with van der Waals surface area (Å²) in [5.41, 5.74) is -0.0894. The van der Waals surface area contributed by atoms with Crippen molar-refractivity contribution < 1.29 is 51.4 Å². The molecule has 1 amide bonds. The summed E-state index contributed by atoms with van der Waals surface area (Å²) in [5, 5.41) is 2.49. The highest BCUT2D eigenvalue weighted by Crippen LogP contribution is 2.48. The number of carbonyl (C=O) groups excluding carboxylic acids is 1. The highest BCUT2D eigenvalue weighted by molar-refractivity contribution is 7.46. The summed E-state index contributed by atoms with van der Waals surface area (Å²) in [6, 6.07) is 35.2. The summed E-state index contributed by atoms with van der Waals surface area (Å²) in [5.74, 6) is 0.911. The standard InChI is InChI=1S/C56H68N5O14PSi/c1-35-32-61(54(65)59-49(35)62)52-48(69-8)46(75-77(10,11)55(2,3)4)43(73-52)34-71-76(9)74-45-42(72-51(47(45)68-7)60-31-30-44(58-53(60)64)57-50(63)36-18-14-12-15-19-36)33-70-56(37-20-16-13-17-21-37,38-22-26-40(66-5)27-23-38)39-24-28-41(67-6)29-25-39/h12-32,42-43,45-48,51-52H,33-34H2,1-11H3,(H,59,62,65)(H,57,58,63,64)/t42-,43-,45-,46-,47-,48-,51-,52-,76?/m1/s1. The third-order valence-electron chi connectivity index (χ3n) is 14.5. The van der Waals surface area contributed by atoms with E-state index in [4.69, 9.17) is 46.6 Å². The van der Waals surface area contributed by atoms with Crippen molar-refractivity contribution in [3.63, 3.8) is 0 Å². The Hall–Kier alpha value is -6.16. The molecule has 19 nitrogen and oxygen atoms in total. The summed E-state index contributed by atoms with van der Waals surface area (Å²) in [7, 11) is 1.88. The van der Waals surface area contributed by atoms with E-state index in [2.05, 4.69) is 49.1 Å². The highest BCUT2D eigenvalue weighted by Gasteiger charge is 2.53. The van der Waals surface area contributed by atoms with E-state index >= 15 is 0 Å². The average molecular weight is 1090 g/mol. The lowest BCUT2D eigenvalue weighted by Crippen LogP contribution is -2.50. The Morgan fingerprint density at radius 2 is 1.25 bits per heavy atom. The van der Waals surface area contributed by atoms with Gasteiger partial charge in [-0.2, -0.15) is 4.98 Å². The predicted octanol–water partition coefficient (Wildman–Crippen LogP) is 7.94. The normalized spacial score (nSPS) is 22.2. The molecule has 2 aromatic heterocycles. The average Bonchev–Trinajstić information content (AvgIpc) is 4.00. The Kier molecular flexibility index (Phi) is 18.0. The summed E-state index contributed by atoms with van der Waals surface area (Å²) < 4.78 is 67.5. The Morgan fingerprint density at radius 3 is 1.79 bits per heavy atom. The molecule has 4 aromatic carbocycles. The maximum absolute atomic E-state index is 14.1. The molecule has 21 heteroatoms. The summed E-state index contributed by atoms with van der Waals surface area (Å²) in [4.78, 5) is 59.5. The molecule has 0 bridgehead atoms. The molecule has 4 heterocycles. The zero-order valence-corrected chi connectivity index (χ0v) is 47.1. The van der Waals surface area contributed by atoms with E-state index in [0.717, 1.165) is 16.7 Å². The molecule has 2 fully saturated rings. The number of hydrogen-bond acceptors (Lipinski definition) is 15. The predicted molar refractivity (Wildman–Crippen MR) is 292 cm³/mol. The lowest BCUT2D eigenvalue weighted by Gasteiger charge is -2.40. The van der Waals surface area contributed by atoms with Crippen molar-refractivity contribution in [1.82, 2.24) is 19.1 Å². The van der Waals surface area contributed by atoms with Gasteiger partial charge in [-0.3, -0.25) is 23.7 Å². The van der Waals surface area contributed by atoms with Gasteiger partial charge in [-0.05, 0) is 84.2 Å². The third kappa shape index (κ3) is 12.3. The number of methoxy groups -OCH3 is 4. The first-order valence-corrected chi connectivity index (χ1v) is 29.7. The van der Waals surface area contributed by atoms with Gasteiger partial charge in [-0.25, -0.2) is 9.59 Å². The zero-order valence-electron chi connectivity index (χ0n) is 45.2. The number of nitrogens with one attached hydrogen (secondary N) is 2. The van der Waals surface area contributed by atoms with E-state index in [0.29, 0.717) is 22.6 Å². The van der Waals surface area contributed by atoms with Crippen molar-refractivity contribution in [1.29, 1.82) is 0 Å². The van der Waals surface area contributed by atoms with Gasteiger partial charge in [0.15, 0.2) is 29.1 Å². The van der Waals surface area contributed by atoms with Gasteiger partial charge in [0.05, 0.1) is 27.4 Å². The maximum Gasteiger partial charge on any atom is 0.351 e. The minimum atomic E-state index is -2.52. The molecule has 8 rings (SSSR count). The van der Waals surface area contributed by atoms with Crippen LogP contribution in [0.2, 0.25) is 18.1 Å². The zero-order chi connectivity index (χ0) is 55.2. The van der Waals surface area contributed by atoms with E-state index in [1.807, 2.05) is 78.9 Å². The monoisotopic (exact) mass is 1090 g/mol. The van der Waals surface area contributed by atoms with Crippen LogP contribution in [0.1, 0.15) is 65.8 Å². The lowest BCUT2D eigenvalue weighted by atomic mass is 9.80. The first kappa shape index (κ1) is 57.0. The number of carbonyl (C=O) groups is 1. The van der Waals surface area contributed by atoms with Crippen LogP contribution in [-0.4, -0.2) is 118 Å². The van der Waals surface area contributed by atoms with Crippen molar-refractivity contribution in [2.24, 2.45) is 0 Å². The van der Waals surface area contributed by atoms with E-state index < -0.39 is 94.2 Å². The van der Waals surface area contributed by atoms with Crippen molar-refractivity contribution in [2.75, 3.05) is 53.6 Å². The second-order valence-corrected chi connectivity index (χ2v) is 26.4. The lowest BCUT2D eigenvalue weighted by molar-refractivity contribution is -0.0955. The van der Waals surface area contributed by atoms with Crippen LogP contribution < -0.4 is 31.7 Å². The second kappa shape index (κ2) is 24.2. The fourth-order valence-electron chi connectivity index (χ4n) is 9.31. The molecule has 2 aliphatic rings. The topological polar surface area (TPSA) is 211 Å². The highest BCUT2D eigenvalue weighted by atomic mass is 31.2. The van der Waals surface area contributed by atoms with Crippen LogP contribution in [0.5, 0.6) is 11.5 Å². The molecule has 0 saturated carbocycles. The molecule has 2 aliphatic heterocycles. The molecule has 0 aliphatic carbocycles. The summed E-state index contributed by atoms with van der Waals surface area (Å²) in [6.45, 7) is 13.8. The van der Waals surface area contributed by atoms with E-state index in [9.17, 15) is 19.2 Å². The van der Waals surface area contributed by atoms with E-state index in [1.165, 1.54) is 41.8 Å². The molecule has 410 valence electrons. The number of aryl methyl sites for hydroxylation is 1. The van der Waals surface area contributed by atoms with Crippen LogP contribution in [-0.2, 0) is 42.8 Å². The Bertz CT molecular complexity index is 3070. The fourth-order valence-corrected chi connectivity index (χ4v) is 11.6. The number of anilines is 1. The molecule has 9 atom stereocenters. The molecule has 2 saturated heterocycles. The number of aromatic amines is 1. The Balaban J connectivity index is 1.14. The summed E-state index contributed by atoms with van der Waals surface area (Å²) >= 11 is 0. The number of H-pyrrole nitrogens is 1. The van der Waals surface area contributed by atoms with E-state index in [-0.39, 0.29) is 24.1 Å². The molecule has 6 aromatic rings. The first-order valence-electron chi connectivity index (χ1n) is 25.2. The smallest absolute Gasteiger partial charge is 0.351 e. The van der Waals surface area contributed by atoms with Crippen LogP contribution in [0.4, 0.5) is 5.82 Å². The van der Waals surface area contributed by atoms with Gasteiger partial charge in [0.25, 0.3) is 11.5 Å². The van der Waals surface area contributed by atoms with Gasteiger partial charge in [0.1, 0.15) is 59.5 Å². The van der Waals surface area contributed by atoms with E-state index in [1.54, 1.807) is 58.1 Å². The second-order valence-electron chi connectivity index (χ2n) is 20.3. The van der Waals surface area contributed by atoms with Crippen LogP contribution in [0.3, 0.4) is 0 Å². The van der Waals surface area contributed by atoms with Crippen LogP contribution in [0, 0.1) is 6.92 Å². The maximum atomic E-state index is 14.1. The van der Waals surface area contributed by atoms with Gasteiger partial charge < -0.3 is 51.9 Å². The molecule has 77 heavy (non-hydrogen) atoms. The number of benzene rings is 4. The largest absolute Gasteiger partial charge is 0.497 e. The molecule has 2 N–H and O–H groups in total. The molecule has 0 radical (unpaired) electrons. The Morgan fingerprint density at radius 1 is 0.714 bits per heavy atom. The van der Waals surface area contributed by atoms with Gasteiger partial charge >= 0.3 is 11.4 Å². The van der Waals surface area contributed by atoms with Crippen molar-refractivity contribution in [3.8, 4) is 11.5 Å². The number of aromatic nitrogens is 4. The number of ether oxygens (including phenoxy) is 7. The SMILES string of the molecule is COc1ccc(C(OC[C@H]2O[C@@H](n3ccc(NC(=O)c4ccccc4)nc3=O)[C@H](OC)[C@@H]2OP(C)OC[C@H]2O[C@@H](n3cc(C)c(=O)[nH]c3=O)[C@H](OC)[C@@H]2O[Si](C)(C)C(C)(C)C)(c2ccccc2)c2ccc(OC)cc2)cc1. The summed E-state index contributed by atoms with van der Waals surface area (Å²) in [6.07, 6.45) is -4.25. The van der Waals surface area contributed by atoms with Crippen molar-refractivity contribution in [3.05, 3.63) is 187 Å². The number of rotatable bonds is 21. The molecular weight excluding hydrogens is 1030 g/mol. The Labute approximate surface area is 449 Å². The number of hydrogen-bond donors (Lipinski definition) is 2. The van der Waals surface area contributed by atoms with Gasteiger partial charge in [0, 0.05) is 44.4 Å². The van der Waals surface area contributed by atoms with Crippen molar-refractivity contribution in [2.45, 2.75) is 101 Å². The van der Waals surface area contributed by atoms with Gasteiger partial charge in [-0.15, -0.1) is 0 Å². The van der Waals surface area contributed by atoms with Crippen LogP contribution >= 0.6 is 8.38 Å². The van der Waals surface area contributed by atoms with Gasteiger partial charge in [-0.1, -0.05) is 93.6 Å². The van der Waals surface area contributed by atoms with Crippen molar-refractivity contribution >= 4 is 28.4 Å². The van der Waals surface area contributed by atoms with Crippen LogP contribution in [0.15, 0.2) is 142 Å². The fraction of sp³-hybridized carbons (Fsp3) is 0.411. The first-order chi connectivity index (χ1) is 36.8. The van der Waals surface area contributed by atoms with Gasteiger partial charge in [0.2, 0.25) is 0 Å². The number of amides is 1. The number of nitrogens with zero attached hydrogens (tertiary/aromatic N) is 3. The quantitative estimate of drug-likeness (QED) is 0.0398. The molecule has 0 spiro atoms. The molecular formula is C56H68N5O14PSi. The minimum Gasteiger partial charge on any atom is -0.497 e. The minimum absolute atomic E-state index is 0.0420. The third-order valence-corrected chi connectivity index (χ3v) is 20.0.